The molecule has 0 atom stereocenters. The van der Waals surface area contributed by atoms with Crippen molar-refractivity contribution in [3.05, 3.63) is 35.4 Å². The van der Waals surface area contributed by atoms with E-state index in [1.807, 2.05) is 32.0 Å². The minimum Gasteiger partial charge on any atom is -0.350 e. The van der Waals surface area contributed by atoms with Gasteiger partial charge in [-0.1, -0.05) is 12.1 Å². The molecule has 0 radical (unpaired) electrons. The lowest BCUT2D eigenvalue weighted by Crippen LogP contribution is -2.45. The predicted octanol–water partition coefficient (Wildman–Crippen LogP) is 2.59. The van der Waals surface area contributed by atoms with Crippen molar-refractivity contribution in [1.29, 1.82) is 0 Å². The van der Waals surface area contributed by atoms with Crippen LogP contribution in [0.5, 0.6) is 0 Å². The summed E-state index contributed by atoms with van der Waals surface area (Å²) in [5.41, 5.74) is 7.41. The zero-order chi connectivity index (χ0) is 14.6. The van der Waals surface area contributed by atoms with Crippen molar-refractivity contribution in [3.8, 4) is 0 Å². The molecule has 2 rings (SSSR count). The summed E-state index contributed by atoms with van der Waals surface area (Å²) in [6.07, 6.45) is 2.57. The summed E-state index contributed by atoms with van der Waals surface area (Å²) in [5, 5.41) is 2.88. The van der Waals surface area contributed by atoms with Crippen LogP contribution in [0.2, 0.25) is 0 Å². The first kappa shape index (κ1) is 21.2. The Bertz CT molecular complexity index is 469. The first-order valence-corrected chi connectivity index (χ1v) is 7.32. The number of benzene rings is 1. The number of nitrogens with one attached hydrogen (secondary N) is 1. The van der Waals surface area contributed by atoms with Gasteiger partial charge in [0.25, 0.3) is 5.91 Å². The fraction of sp³-hybridized carbons (Fsp3) is 0.562. The van der Waals surface area contributed by atoms with Crippen molar-refractivity contribution in [2.45, 2.75) is 38.8 Å². The molecule has 0 unspecified atom stereocenters. The summed E-state index contributed by atoms with van der Waals surface area (Å²) in [7, 11) is 0. The Hall–Kier alpha value is -0.810. The normalized spacial score (nSPS) is 14.9. The number of nitrogens with two attached hydrogens (primary N) is 1. The Balaban J connectivity index is 0.00000220. The lowest BCUT2D eigenvalue weighted by molar-refractivity contribution is 0.0946. The molecule has 1 aliphatic rings. The Labute approximate surface area is 145 Å². The number of amides is 1. The third-order valence-electron chi connectivity index (χ3n) is 3.50. The highest BCUT2D eigenvalue weighted by molar-refractivity contribution is 5.94. The van der Waals surface area contributed by atoms with Gasteiger partial charge in [0.05, 0.1) is 0 Å². The maximum Gasteiger partial charge on any atom is 0.251 e. The fourth-order valence-electron chi connectivity index (χ4n) is 2.42. The molecule has 1 aliphatic heterocycles. The number of nitrogens with zero attached hydrogens (tertiary/aromatic N) is 1. The van der Waals surface area contributed by atoms with E-state index in [9.17, 15) is 4.79 Å². The highest BCUT2D eigenvalue weighted by Crippen LogP contribution is 2.14. The molecule has 0 saturated carbocycles. The molecular weight excluding hydrogens is 321 g/mol. The quantitative estimate of drug-likeness (QED) is 0.860. The summed E-state index contributed by atoms with van der Waals surface area (Å²) in [6.45, 7) is 7.54. The molecule has 1 amide bonds. The van der Waals surface area contributed by atoms with Crippen LogP contribution < -0.4 is 11.1 Å². The number of halogens is 2. The smallest absolute Gasteiger partial charge is 0.251 e. The van der Waals surface area contributed by atoms with Gasteiger partial charge in [-0.25, -0.2) is 0 Å². The lowest BCUT2D eigenvalue weighted by Gasteiger charge is -2.19. The van der Waals surface area contributed by atoms with Gasteiger partial charge in [0.15, 0.2) is 0 Å². The van der Waals surface area contributed by atoms with Gasteiger partial charge in [-0.2, -0.15) is 0 Å². The predicted molar refractivity (Wildman–Crippen MR) is 96.0 cm³/mol. The number of carbonyl (C=O) groups excluding carboxylic acids is 1. The van der Waals surface area contributed by atoms with Crippen LogP contribution in [0.3, 0.4) is 0 Å². The molecule has 0 bridgehead atoms. The minimum absolute atomic E-state index is 0. The molecule has 0 aromatic heterocycles. The van der Waals surface area contributed by atoms with Crippen LogP contribution in [0, 0.1) is 0 Å². The van der Waals surface area contributed by atoms with E-state index in [1.165, 1.54) is 18.4 Å². The monoisotopic (exact) mass is 347 g/mol. The molecule has 0 spiro atoms. The highest BCUT2D eigenvalue weighted by atomic mass is 35.5. The lowest BCUT2D eigenvalue weighted by atomic mass is 10.1. The molecule has 0 aliphatic carbocycles. The van der Waals surface area contributed by atoms with Crippen molar-refractivity contribution < 1.29 is 4.79 Å². The second-order valence-electron chi connectivity index (χ2n) is 6.35. The molecule has 1 aromatic carbocycles. The molecular formula is C16H27Cl2N3O. The molecule has 4 nitrogen and oxygen atoms in total. The maximum absolute atomic E-state index is 12.1. The Morgan fingerprint density at radius 1 is 1.27 bits per heavy atom. The van der Waals surface area contributed by atoms with E-state index in [0.29, 0.717) is 12.1 Å². The standard InChI is InChI=1S/C16H25N3O.2ClH/c1-16(2,17)12-18-15(20)14-7-5-6-13(10-14)11-19-8-3-4-9-19;;/h5-7,10H,3-4,8-9,11-12,17H2,1-2H3,(H,18,20);2*1H. The molecule has 126 valence electrons. The summed E-state index contributed by atoms with van der Waals surface area (Å²) < 4.78 is 0. The Morgan fingerprint density at radius 3 is 2.50 bits per heavy atom. The summed E-state index contributed by atoms with van der Waals surface area (Å²) in [6, 6.07) is 7.87. The first-order chi connectivity index (χ1) is 9.44. The van der Waals surface area contributed by atoms with E-state index in [4.69, 9.17) is 5.73 Å². The van der Waals surface area contributed by atoms with E-state index < -0.39 is 0 Å². The van der Waals surface area contributed by atoms with Gasteiger partial charge in [-0.3, -0.25) is 9.69 Å². The topological polar surface area (TPSA) is 58.4 Å². The second kappa shape index (κ2) is 9.36. The van der Waals surface area contributed by atoms with Gasteiger partial charge in [0.2, 0.25) is 0 Å². The number of hydrogen-bond donors (Lipinski definition) is 2. The van der Waals surface area contributed by atoms with Gasteiger partial charge in [-0.15, -0.1) is 24.8 Å². The second-order valence-corrected chi connectivity index (χ2v) is 6.35. The van der Waals surface area contributed by atoms with Gasteiger partial charge < -0.3 is 11.1 Å². The van der Waals surface area contributed by atoms with Crippen LogP contribution in [-0.2, 0) is 6.54 Å². The van der Waals surface area contributed by atoms with Crippen LogP contribution in [0.15, 0.2) is 24.3 Å². The van der Waals surface area contributed by atoms with Gasteiger partial charge in [0.1, 0.15) is 0 Å². The van der Waals surface area contributed by atoms with Crippen molar-refractivity contribution in [2.24, 2.45) is 5.73 Å². The molecule has 1 heterocycles. The molecule has 1 aromatic rings. The third kappa shape index (κ3) is 6.97. The van der Waals surface area contributed by atoms with Gasteiger partial charge in [-0.05, 0) is 57.5 Å². The molecule has 1 fully saturated rings. The largest absolute Gasteiger partial charge is 0.350 e. The van der Waals surface area contributed by atoms with E-state index >= 15 is 0 Å². The molecule has 3 N–H and O–H groups in total. The SMILES string of the molecule is CC(C)(N)CNC(=O)c1cccc(CN2CCCC2)c1.Cl.Cl. The molecule has 6 heteroatoms. The van der Waals surface area contributed by atoms with Crippen LogP contribution >= 0.6 is 24.8 Å². The van der Waals surface area contributed by atoms with Gasteiger partial charge in [0, 0.05) is 24.2 Å². The average molecular weight is 348 g/mol. The molecule has 1 saturated heterocycles. The van der Waals surface area contributed by atoms with E-state index in [2.05, 4.69) is 16.3 Å². The van der Waals surface area contributed by atoms with Crippen molar-refractivity contribution in [2.75, 3.05) is 19.6 Å². The van der Waals surface area contributed by atoms with Crippen molar-refractivity contribution in [3.63, 3.8) is 0 Å². The average Bonchev–Trinajstić information content (AvgIpc) is 2.88. The van der Waals surface area contributed by atoms with Crippen LogP contribution in [0.4, 0.5) is 0 Å². The first-order valence-electron chi connectivity index (χ1n) is 7.32. The summed E-state index contributed by atoms with van der Waals surface area (Å²) in [5.74, 6) is -0.0493. The van der Waals surface area contributed by atoms with E-state index in [0.717, 1.165) is 19.6 Å². The third-order valence-corrected chi connectivity index (χ3v) is 3.50. The number of likely N-dealkylation sites (tertiary alicyclic amines) is 1. The zero-order valence-corrected chi connectivity index (χ0v) is 14.9. The Kier molecular flexibility index (Phi) is 9.01. The summed E-state index contributed by atoms with van der Waals surface area (Å²) in [4.78, 5) is 14.5. The number of rotatable bonds is 5. The zero-order valence-electron chi connectivity index (χ0n) is 13.3. The highest BCUT2D eigenvalue weighted by Gasteiger charge is 2.15. The van der Waals surface area contributed by atoms with E-state index in [1.54, 1.807) is 0 Å². The maximum atomic E-state index is 12.1. The van der Waals surface area contributed by atoms with Crippen LogP contribution in [-0.4, -0.2) is 36.0 Å². The minimum atomic E-state index is -0.386. The van der Waals surface area contributed by atoms with Crippen molar-refractivity contribution >= 4 is 30.7 Å². The van der Waals surface area contributed by atoms with Gasteiger partial charge >= 0.3 is 0 Å². The Morgan fingerprint density at radius 2 is 1.91 bits per heavy atom. The number of hydrogen-bond acceptors (Lipinski definition) is 3. The van der Waals surface area contributed by atoms with Crippen LogP contribution in [0.1, 0.15) is 42.6 Å². The summed E-state index contributed by atoms with van der Waals surface area (Å²) >= 11 is 0. The molecule has 22 heavy (non-hydrogen) atoms. The van der Waals surface area contributed by atoms with Crippen molar-refractivity contribution in [1.82, 2.24) is 10.2 Å². The number of carbonyl (C=O) groups is 1. The fourth-order valence-corrected chi connectivity index (χ4v) is 2.42. The van der Waals surface area contributed by atoms with Crippen LogP contribution in [0.25, 0.3) is 0 Å². The van der Waals surface area contributed by atoms with E-state index in [-0.39, 0.29) is 36.3 Å².